The van der Waals surface area contributed by atoms with E-state index >= 15 is 0 Å². The molecule has 2 aromatic rings. The first kappa shape index (κ1) is 18.7. The average Bonchev–Trinajstić information content (AvgIpc) is 2.60. The van der Waals surface area contributed by atoms with Gasteiger partial charge in [-0.05, 0) is 20.3 Å². The Labute approximate surface area is 150 Å². The van der Waals surface area contributed by atoms with E-state index in [-0.39, 0.29) is 11.5 Å². The normalized spacial score (nSPS) is 11.6. The molecule has 25 heavy (non-hydrogen) atoms. The van der Waals surface area contributed by atoms with Gasteiger partial charge in [-0.2, -0.15) is 5.26 Å². The van der Waals surface area contributed by atoms with Crippen LogP contribution in [-0.2, 0) is 9.53 Å². The molecule has 0 saturated carbocycles. The van der Waals surface area contributed by atoms with E-state index < -0.39 is 10.8 Å². The number of benzene rings is 1. The number of thioether (sulfide) groups is 1. The van der Waals surface area contributed by atoms with Crippen LogP contribution in [0.4, 0.5) is 0 Å². The maximum absolute atomic E-state index is 12.2. The van der Waals surface area contributed by atoms with Crippen LogP contribution < -0.4 is 5.56 Å². The van der Waals surface area contributed by atoms with Crippen LogP contribution in [0.2, 0.25) is 0 Å². The third-order valence-electron chi connectivity index (χ3n) is 3.51. The van der Waals surface area contributed by atoms with Gasteiger partial charge in [0.05, 0.1) is 12.3 Å². The number of nitrogens with one attached hydrogen (secondary N) is 1. The molecule has 1 aromatic carbocycles. The molecule has 0 amide bonds. The molecule has 7 heteroatoms. The summed E-state index contributed by atoms with van der Waals surface area (Å²) in [4.78, 5) is 31.2. The van der Waals surface area contributed by atoms with Crippen molar-refractivity contribution in [3.63, 3.8) is 0 Å². The Balaban J connectivity index is 2.44. The van der Waals surface area contributed by atoms with Crippen LogP contribution in [0, 0.1) is 18.3 Å². The summed E-state index contributed by atoms with van der Waals surface area (Å²) < 4.78 is 5.04. The Bertz CT molecular complexity index is 853. The lowest BCUT2D eigenvalue weighted by Crippen LogP contribution is -2.21. The van der Waals surface area contributed by atoms with Gasteiger partial charge in [0.1, 0.15) is 16.9 Å². The van der Waals surface area contributed by atoms with Gasteiger partial charge in [-0.25, -0.2) is 4.98 Å². The molecule has 0 aliphatic heterocycles. The summed E-state index contributed by atoms with van der Waals surface area (Å²) in [6.45, 7) is 5.85. The second kappa shape index (κ2) is 8.49. The number of esters is 1. The number of aryl methyl sites for hydroxylation is 1. The summed E-state index contributed by atoms with van der Waals surface area (Å²) >= 11 is 1.13. The number of aromatic amines is 1. The molecule has 1 unspecified atom stereocenters. The predicted molar refractivity (Wildman–Crippen MR) is 96.3 cm³/mol. The van der Waals surface area contributed by atoms with Gasteiger partial charge in [-0.1, -0.05) is 48.5 Å². The molecule has 1 heterocycles. The van der Waals surface area contributed by atoms with Crippen LogP contribution in [0.3, 0.4) is 0 Å². The lowest BCUT2D eigenvalue weighted by atomic mass is 10.1. The highest BCUT2D eigenvalue weighted by Gasteiger charge is 2.22. The zero-order valence-corrected chi connectivity index (χ0v) is 15.1. The Morgan fingerprint density at radius 3 is 2.60 bits per heavy atom. The van der Waals surface area contributed by atoms with Crippen molar-refractivity contribution >= 4 is 17.7 Å². The molecule has 0 spiro atoms. The van der Waals surface area contributed by atoms with Gasteiger partial charge in [-0.3, -0.25) is 9.59 Å². The number of carbonyl (C=O) groups is 1. The van der Waals surface area contributed by atoms with Crippen molar-refractivity contribution in [3.8, 4) is 17.3 Å². The highest BCUT2D eigenvalue weighted by molar-refractivity contribution is 8.00. The topological polar surface area (TPSA) is 95.8 Å². The maximum atomic E-state index is 12.2. The molecule has 1 aromatic heterocycles. The summed E-state index contributed by atoms with van der Waals surface area (Å²) in [5, 5.41) is 9.12. The molecule has 0 fully saturated rings. The number of aromatic nitrogens is 2. The van der Waals surface area contributed by atoms with Crippen LogP contribution in [-0.4, -0.2) is 27.8 Å². The molecule has 130 valence electrons. The highest BCUT2D eigenvalue weighted by atomic mass is 32.2. The number of hydrogen-bond acceptors (Lipinski definition) is 6. The summed E-state index contributed by atoms with van der Waals surface area (Å²) in [6, 6.07) is 9.31. The zero-order chi connectivity index (χ0) is 18.4. The summed E-state index contributed by atoms with van der Waals surface area (Å²) in [6.07, 6.45) is 0.535. The smallest absolute Gasteiger partial charge is 0.319 e. The van der Waals surface area contributed by atoms with Crippen molar-refractivity contribution in [1.29, 1.82) is 5.26 Å². The SMILES string of the molecule is CCOC(=O)C(CC)Sc1nc(-c2ccc(C)cc2)c(C#N)c(=O)[nH]1. The van der Waals surface area contributed by atoms with E-state index in [1.54, 1.807) is 6.92 Å². The number of rotatable bonds is 6. The molecule has 1 atom stereocenters. The predicted octanol–water partition coefficient (Wildman–Crippen LogP) is 3.05. The molecule has 0 saturated heterocycles. The minimum Gasteiger partial charge on any atom is -0.465 e. The van der Waals surface area contributed by atoms with E-state index in [4.69, 9.17) is 4.74 Å². The number of nitrogens with zero attached hydrogens (tertiary/aromatic N) is 2. The summed E-state index contributed by atoms with van der Waals surface area (Å²) in [7, 11) is 0. The first-order valence-electron chi connectivity index (χ1n) is 7.94. The van der Waals surface area contributed by atoms with E-state index in [9.17, 15) is 14.9 Å². The third kappa shape index (κ3) is 4.48. The average molecular weight is 357 g/mol. The van der Waals surface area contributed by atoms with Crippen molar-refractivity contribution in [3.05, 3.63) is 45.7 Å². The fraction of sp³-hybridized carbons (Fsp3) is 0.333. The van der Waals surface area contributed by atoms with E-state index in [1.807, 2.05) is 44.2 Å². The van der Waals surface area contributed by atoms with Gasteiger partial charge in [-0.15, -0.1) is 0 Å². The van der Waals surface area contributed by atoms with Crippen molar-refractivity contribution in [2.75, 3.05) is 6.61 Å². The lowest BCUT2D eigenvalue weighted by Gasteiger charge is -2.13. The van der Waals surface area contributed by atoms with E-state index in [0.29, 0.717) is 29.4 Å². The Morgan fingerprint density at radius 2 is 2.04 bits per heavy atom. The van der Waals surface area contributed by atoms with Gasteiger partial charge in [0.25, 0.3) is 5.56 Å². The Morgan fingerprint density at radius 1 is 1.36 bits per heavy atom. The van der Waals surface area contributed by atoms with Crippen molar-refractivity contribution in [2.24, 2.45) is 0 Å². The molecular weight excluding hydrogens is 338 g/mol. The lowest BCUT2D eigenvalue weighted by molar-refractivity contribution is -0.142. The molecule has 0 aliphatic rings. The number of hydrogen-bond donors (Lipinski definition) is 1. The summed E-state index contributed by atoms with van der Waals surface area (Å²) in [5.74, 6) is -0.348. The summed E-state index contributed by atoms with van der Waals surface area (Å²) in [5.41, 5.74) is 1.49. The minimum atomic E-state index is -0.519. The van der Waals surface area contributed by atoms with Gasteiger partial charge in [0.2, 0.25) is 0 Å². The van der Waals surface area contributed by atoms with Gasteiger partial charge in [0, 0.05) is 5.56 Å². The largest absolute Gasteiger partial charge is 0.465 e. The molecule has 6 nitrogen and oxygen atoms in total. The zero-order valence-electron chi connectivity index (χ0n) is 14.3. The first-order chi connectivity index (χ1) is 12.0. The number of nitriles is 1. The molecule has 0 radical (unpaired) electrons. The highest BCUT2D eigenvalue weighted by Crippen LogP contribution is 2.26. The van der Waals surface area contributed by atoms with E-state index in [2.05, 4.69) is 9.97 Å². The minimum absolute atomic E-state index is 0.0441. The number of carbonyl (C=O) groups excluding carboxylic acids is 1. The van der Waals surface area contributed by atoms with Crippen LogP contribution in [0.1, 0.15) is 31.4 Å². The second-order valence-corrected chi connectivity index (χ2v) is 6.53. The fourth-order valence-corrected chi connectivity index (χ4v) is 3.10. The fourth-order valence-electron chi connectivity index (χ4n) is 2.20. The number of ether oxygens (including phenoxy) is 1. The van der Waals surface area contributed by atoms with Gasteiger partial charge in [0.15, 0.2) is 5.16 Å². The van der Waals surface area contributed by atoms with Gasteiger partial charge >= 0.3 is 5.97 Å². The maximum Gasteiger partial charge on any atom is 0.319 e. The Hall–Kier alpha value is -2.59. The molecule has 1 N–H and O–H groups in total. The van der Waals surface area contributed by atoms with E-state index in [0.717, 1.165) is 17.3 Å². The Kier molecular flexibility index (Phi) is 6.37. The number of H-pyrrole nitrogens is 1. The van der Waals surface area contributed by atoms with Crippen LogP contribution in [0.25, 0.3) is 11.3 Å². The van der Waals surface area contributed by atoms with E-state index in [1.165, 1.54) is 0 Å². The van der Waals surface area contributed by atoms with Crippen LogP contribution >= 0.6 is 11.8 Å². The second-order valence-electron chi connectivity index (χ2n) is 5.34. The van der Waals surface area contributed by atoms with Crippen LogP contribution in [0.15, 0.2) is 34.2 Å². The molecule has 0 aliphatic carbocycles. The van der Waals surface area contributed by atoms with Crippen LogP contribution in [0.5, 0.6) is 0 Å². The van der Waals surface area contributed by atoms with Crippen molar-refractivity contribution < 1.29 is 9.53 Å². The van der Waals surface area contributed by atoms with Crippen molar-refractivity contribution in [2.45, 2.75) is 37.6 Å². The monoisotopic (exact) mass is 357 g/mol. The molecule has 2 rings (SSSR count). The molecular formula is C18H19N3O3S. The van der Waals surface area contributed by atoms with Gasteiger partial charge < -0.3 is 9.72 Å². The third-order valence-corrected chi connectivity index (χ3v) is 4.74. The first-order valence-corrected chi connectivity index (χ1v) is 8.82. The quantitative estimate of drug-likeness (QED) is 0.485. The van der Waals surface area contributed by atoms with Crippen molar-refractivity contribution in [1.82, 2.24) is 9.97 Å². The molecule has 0 bridgehead atoms. The standard InChI is InChI=1S/C18H19N3O3S/c1-4-14(17(23)24-5-2)25-18-20-15(13(10-19)16(22)21-18)12-8-6-11(3)7-9-12/h6-9,14H,4-5H2,1-3H3,(H,20,21,22).